The van der Waals surface area contributed by atoms with E-state index in [9.17, 15) is 0 Å². The summed E-state index contributed by atoms with van der Waals surface area (Å²) in [5, 5.41) is 10.2. The molecule has 0 spiro atoms. The molecule has 1 aromatic carbocycles. The van der Waals surface area contributed by atoms with Gasteiger partial charge in [0, 0.05) is 48.4 Å². The molecular formula is C21H18ClN5S. The van der Waals surface area contributed by atoms with Gasteiger partial charge < -0.3 is 0 Å². The zero-order valence-corrected chi connectivity index (χ0v) is 16.7. The van der Waals surface area contributed by atoms with Crippen LogP contribution in [0.15, 0.2) is 54.2 Å². The van der Waals surface area contributed by atoms with Crippen molar-refractivity contribution in [2.75, 3.05) is 6.54 Å². The van der Waals surface area contributed by atoms with E-state index in [4.69, 9.17) is 16.6 Å². The highest BCUT2D eigenvalue weighted by atomic mass is 35.5. The van der Waals surface area contributed by atoms with E-state index in [0.29, 0.717) is 0 Å². The molecule has 4 heterocycles. The molecule has 1 aliphatic heterocycles. The minimum Gasteiger partial charge on any atom is -0.294 e. The Hall–Kier alpha value is -2.54. The average molecular weight is 408 g/mol. The monoisotopic (exact) mass is 407 g/mol. The molecule has 0 saturated carbocycles. The number of nitrogens with one attached hydrogen (secondary N) is 1. The molecule has 140 valence electrons. The number of rotatable bonds is 4. The molecule has 0 fully saturated rings. The van der Waals surface area contributed by atoms with Crippen LogP contribution in [0.2, 0.25) is 5.02 Å². The highest BCUT2D eigenvalue weighted by Gasteiger charge is 2.20. The van der Waals surface area contributed by atoms with Crippen molar-refractivity contribution in [1.29, 1.82) is 0 Å². The van der Waals surface area contributed by atoms with Crippen LogP contribution in [0.3, 0.4) is 0 Å². The van der Waals surface area contributed by atoms with E-state index in [0.717, 1.165) is 53.0 Å². The zero-order valence-electron chi connectivity index (χ0n) is 15.1. The molecule has 7 heteroatoms. The molecule has 1 N–H and O–H groups in total. The lowest BCUT2D eigenvalue weighted by atomic mass is 10.0. The van der Waals surface area contributed by atoms with Gasteiger partial charge in [0.1, 0.15) is 0 Å². The average Bonchev–Trinajstić information content (AvgIpc) is 3.41. The molecule has 1 aliphatic rings. The van der Waals surface area contributed by atoms with Gasteiger partial charge in [0.25, 0.3) is 0 Å². The van der Waals surface area contributed by atoms with E-state index >= 15 is 0 Å². The Bertz CT molecular complexity index is 1090. The fourth-order valence-electron chi connectivity index (χ4n) is 3.57. The van der Waals surface area contributed by atoms with Crippen molar-refractivity contribution in [1.82, 2.24) is 25.1 Å². The molecule has 0 saturated heterocycles. The number of aromatic amines is 1. The Balaban J connectivity index is 1.34. The zero-order chi connectivity index (χ0) is 18.9. The van der Waals surface area contributed by atoms with Crippen LogP contribution in [0.25, 0.3) is 22.0 Å². The maximum absolute atomic E-state index is 6.01. The first-order valence-corrected chi connectivity index (χ1v) is 10.4. The number of nitrogens with zero attached hydrogens (tertiary/aromatic N) is 4. The normalized spacial score (nSPS) is 14.2. The quantitative estimate of drug-likeness (QED) is 0.527. The number of aromatic nitrogens is 4. The van der Waals surface area contributed by atoms with Crippen molar-refractivity contribution >= 4 is 22.9 Å². The Kier molecular flexibility index (Phi) is 4.68. The fourth-order valence-corrected chi connectivity index (χ4v) is 4.36. The molecule has 4 aromatic rings. The van der Waals surface area contributed by atoms with E-state index in [1.165, 1.54) is 16.8 Å². The van der Waals surface area contributed by atoms with Gasteiger partial charge in [-0.25, -0.2) is 9.97 Å². The standard InChI is InChI=1S/C21H18ClN5S/c22-17-5-3-14(4-6-17)20-16(11-24-26-20)13-27-8-7-18-15(12-27)10-23-21(25-18)19-2-1-9-28-19/h1-6,9-11H,7-8,12-13H2,(H,24,26). The van der Waals surface area contributed by atoms with Gasteiger partial charge in [-0.1, -0.05) is 29.8 Å². The summed E-state index contributed by atoms with van der Waals surface area (Å²) in [7, 11) is 0. The van der Waals surface area contributed by atoms with Gasteiger partial charge in [0.05, 0.1) is 22.5 Å². The Morgan fingerprint density at radius 3 is 2.86 bits per heavy atom. The number of fused-ring (bicyclic) bond motifs is 1. The second-order valence-electron chi connectivity index (χ2n) is 6.88. The molecule has 0 unspecified atom stereocenters. The van der Waals surface area contributed by atoms with Gasteiger partial charge in [-0.05, 0) is 29.1 Å². The number of thiophene rings is 1. The summed E-state index contributed by atoms with van der Waals surface area (Å²) >= 11 is 7.69. The lowest BCUT2D eigenvalue weighted by Crippen LogP contribution is -2.31. The van der Waals surface area contributed by atoms with E-state index in [-0.39, 0.29) is 0 Å². The molecule has 0 amide bonds. The summed E-state index contributed by atoms with van der Waals surface area (Å²) in [5.74, 6) is 0.835. The topological polar surface area (TPSA) is 57.7 Å². The minimum absolute atomic E-state index is 0.736. The number of benzene rings is 1. The fraction of sp³-hybridized carbons (Fsp3) is 0.190. The van der Waals surface area contributed by atoms with Crippen LogP contribution in [0.4, 0.5) is 0 Å². The van der Waals surface area contributed by atoms with Crippen molar-refractivity contribution in [3.8, 4) is 22.0 Å². The van der Waals surface area contributed by atoms with Gasteiger partial charge in [-0.15, -0.1) is 11.3 Å². The molecule has 0 bridgehead atoms. The van der Waals surface area contributed by atoms with Crippen LogP contribution in [-0.2, 0) is 19.5 Å². The second-order valence-corrected chi connectivity index (χ2v) is 8.26. The van der Waals surface area contributed by atoms with E-state index in [2.05, 4.69) is 31.5 Å². The summed E-state index contributed by atoms with van der Waals surface area (Å²) in [6, 6.07) is 11.9. The van der Waals surface area contributed by atoms with Crippen molar-refractivity contribution in [3.63, 3.8) is 0 Å². The predicted octanol–water partition coefficient (Wildman–Crippen LogP) is 4.81. The van der Waals surface area contributed by atoms with E-state index in [1.807, 2.05) is 42.7 Å². The third-order valence-electron chi connectivity index (χ3n) is 5.00. The Labute approximate surface area is 172 Å². The van der Waals surface area contributed by atoms with Crippen LogP contribution < -0.4 is 0 Å². The third kappa shape index (κ3) is 3.46. The SMILES string of the molecule is Clc1ccc(-c2[nH]ncc2CN2CCc3nc(-c4cccs4)ncc3C2)cc1. The largest absolute Gasteiger partial charge is 0.294 e. The van der Waals surface area contributed by atoms with Gasteiger partial charge in [-0.2, -0.15) is 5.10 Å². The minimum atomic E-state index is 0.736. The summed E-state index contributed by atoms with van der Waals surface area (Å²) in [6.07, 6.45) is 4.83. The molecule has 5 rings (SSSR count). The van der Waals surface area contributed by atoms with Gasteiger partial charge in [-0.3, -0.25) is 10.00 Å². The molecule has 0 atom stereocenters. The van der Waals surface area contributed by atoms with Crippen LogP contribution in [0.5, 0.6) is 0 Å². The maximum Gasteiger partial charge on any atom is 0.169 e. The van der Waals surface area contributed by atoms with Crippen molar-refractivity contribution in [2.24, 2.45) is 0 Å². The highest BCUT2D eigenvalue weighted by Crippen LogP contribution is 2.27. The van der Waals surface area contributed by atoms with Gasteiger partial charge in [0.2, 0.25) is 0 Å². The maximum atomic E-state index is 6.01. The molecule has 28 heavy (non-hydrogen) atoms. The number of halogens is 1. The lowest BCUT2D eigenvalue weighted by molar-refractivity contribution is 0.243. The van der Waals surface area contributed by atoms with Gasteiger partial charge >= 0.3 is 0 Å². The van der Waals surface area contributed by atoms with Crippen LogP contribution in [-0.4, -0.2) is 31.6 Å². The molecule has 0 aliphatic carbocycles. The van der Waals surface area contributed by atoms with Crippen molar-refractivity contribution < 1.29 is 0 Å². The number of hydrogen-bond donors (Lipinski definition) is 1. The van der Waals surface area contributed by atoms with Gasteiger partial charge in [0.15, 0.2) is 5.82 Å². The summed E-state index contributed by atoms with van der Waals surface area (Å²) in [5.41, 5.74) is 5.70. The first-order chi connectivity index (χ1) is 13.8. The smallest absolute Gasteiger partial charge is 0.169 e. The summed E-state index contributed by atoms with van der Waals surface area (Å²) in [6.45, 7) is 2.66. The summed E-state index contributed by atoms with van der Waals surface area (Å²) in [4.78, 5) is 12.9. The van der Waals surface area contributed by atoms with E-state index < -0.39 is 0 Å². The molecule has 3 aromatic heterocycles. The Morgan fingerprint density at radius 2 is 2.04 bits per heavy atom. The van der Waals surface area contributed by atoms with Crippen LogP contribution >= 0.6 is 22.9 Å². The third-order valence-corrected chi connectivity index (χ3v) is 6.12. The lowest BCUT2D eigenvalue weighted by Gasteiger charge is -2.28. The first-order valence-electron chi connectivity index (χ1n) is 9.15. The number of hydrogen-bond acceptors (Lipinski definition) is 5. The first kappa shape index (κ1) is 17.6. The molecule has 5 nitrogen and oxygen atoms in total. The van der Waals surface area contributed by atoms with Crippen LogP contribution in [0.1, 0.15) is 16.8 Å². The van der Waals surface area contributed by atoms with E-state index in [1.54, 1.807) is 11.3 Å². The van der Waals surface area contributed by atoms with Crippen molar-refractivity contribution in [3.05, 3.63) is 76.0 Å². The number of H-pyrrole nitrogens is 1. The second kappa shape index (κ2) is 7.47. The van der Waals surface area contributed by atoms with Crippen molar-refractivity contribution in [2.45, 2.75) is 19.5 Å². The van der Waals surface area contributed by atoms with Crippen LogP contribution in [0, 0.1) is 0 Å². The predicted molar refractivity (Wildman–Crippen MR) is 112 cm³/mol. The Morgan fingerprint density at radius 1 is 1.14 bits per heavy atom. The summed E-state index contributed by atoms with van der Waals surface area (Å²) < 4.78 is 0. The highest BCUT2D eigenvalue weighted by molar-refractivity contribution is 7.13. The molecule has 0 radical (unpaired) electrons. The molecular weight excluding hydrogens is 390 g/mol.